The van der Waals surface area contributed by atoms with Crippen LogP contribution in [-0.4, -0.2) is 11.9 Å². The molecule has 1 amide bonds. The van der Waals surface area contributed by atoms with Gasteiger partial charge in [-0.25, -0.2) is 0 Å². The van der Waals surface area contributed by atoms with Crippen LogP contribution in [0.1, 0.15) is 84.5 Å². The SMILES string of the molecule is CCC(C)NC(=O)C1CCC#CC#CCCCCCCCC1. The van der Waals surface area contributed by atoms with Gasteiger partial charge in [0, 0.05) is 24.8 Å². The van der Waals surface area contributed by atoms with Gasteiger partial charge in [-0.1, -0.05) is 50.9 Å². The summed E-state index contributed by atoms with van der Waals surface area (Å²) in [7, 11) is 0. The molecule has 122 valence electrons. The van der Waals surface area contributed by atoms with Gasteiger partial charge in [0.05, 0.1) is 0 Å². The zero-order valence-corrected chi connectivity index (χ0v) is 14.3. The number of nitrogens with one attached hydrogen (secondary N) is 1. The van der Waals surface area contributed by atoms with Crippen LogP contribution in [0.15, 0.2) is 0 Å². The van der Waals surface area contributed by atoms with Crippen molar-refractivity contribution in [2.24, 2.45) is 5.92 Å². The topological polar surface area (TPSA) is 29.1 Å². The lowest BCUT2D eigenvalue weighted by molar-refractivity contribution is -0.126. The second kappa shape index (κ2) is 12.2. The van der Waals surface area contributed by atoms with E-state index in [0.717, 1.165) is 38.5 Å². The van der Waals surface area contributed by atoms with Crippen molar-refractivity contribution in [2.45, 2.75) is 90.5 Å². The molecule has 0 bridgehead atoms. The molecule has 1 aliphatic rings. The van der Waals surface area contributed by atoms with Crippen LogP contribution >= 0.6 is 0 Å². The van der Waals surface area contributed by atoms with E-state index in [2.05, 4.69) is 42.8 Å². The predicted molar refractivity (Wildman–Crippen MR) is 93.1 cm³/mol. The largest absolute Gasteiger partial charge is 0.353 e. The predicted octanol–water partition coefficient (Wildman–Crippen LogP) is 4.44. The van der Waals surface area contributed by atoms with Crippen LogP contribution < -0.4 is 5.32 Å². The standard InChI is InChI=1S/C20H31NO/c1-3-18(2)21-20(22)19-16-14-12-10-8-6-4-5-7-9-11-13-15-17-19/h18-19H,3-6,8,10,12,14-17H2,1-2H3,(H,21,22). The van der Waals surface area contributed by atoms with E-state index >= 15 is 0 Å². The lowest BCUT2D eigenvalue weighted by Gasteiger charge is -2.19. The fraction of sp³-hybridized carbons (Fsp3) is 0.750. The molecule has 1 rings (SSSR count). The van der Waals surface area contributed by atoms with Crippen molar-refractivity contribution in [2.75, 3.05) is 0 Å². The second-order valence-corrected chi connectivity index (χ2v) is 6.32. The van der Waals surface area contributed by atoms with E-state index in [1.807, 2.05) is 0 Å². The van der Waals surface area contributed by atoms with Crippen molar-refractivity contribution in [3.05, 3.63) is 0 Å². The average molecular weight is 301 g/mol. The molecule has 0 saturated heterocycles. The molecule has 1 aliphatic carbocycles. The van der Waals surface area contributed by atoms with E-state index in [9.17, 15) is 4.79 Å². The first-order chi connectivity index (χ1) is 10.7. The number of carbonyl (C=O) groups is 1. The number of carbonyl (C=O) groups excluding carboxylic acids is 1. The van der Waals surface area contributed by atoms with Gasteiger partial charge >= 0.3 is 0 Å². The van der Waals surface area contributed by atoms with Crippen LogP contribution in [0.4, 0.5) is 0 Å². The van der Waals surface area contributed by atoms with Gasteiger partial charge in [-0.3, -0.25) is 4.79 Å². The Hall–Kier alpha value is -1.41. The molecule has 2 atom stereocenters. The first-order valence-corrected chi connectivity index (χ1v) is 9.00. The third kappa shape index (κ3) is 8.78. The van der Waals surface area contributed by atoms with Gasteiger partial charge in [0.15, 0.2) is 0 Å². The molecule has 0 aromatic carbocycles. The summed E-state index contributed by atoms with van der Waals surface area (Å²) in [4.78, 5) is 12.4. The van der Waals surface area contributed by atoms with E-state index in [0.29, 0.717) is 0 Å². The number of rotatable bonds is 3. The Morgan fingerprint density at radius 1 is 1.00 bits per heavy atom. The quantitative estimate of drug-likeness (QED) is 0.767. The molecule has 1 N–H and O–H groups in total. The highest BCUT2D eigenvalue weighted by Gasteiger charge is 2.18. The van der Waals surface area contributed by atoms with Gasteiger partial charge in [-0.2, -0.15) is 0 Å². The molecule has 22 heavy (non-hydrogen) atoms. The van der Waals surface area contributed by atoms with E-state index < -0.39 is 0 Å². The highest BCUT2D eigenvalue weighted by molar-refractivity contribution is 5.78. The van der Waals surface area contributed by atoms with E-state index in [1.165, 1.54) is 32.1 Å². The summed E-state index contributed by atoms with van der Waals surface area (Å²) in [5.74, 6) is 12.4. The van der Waals surface area contributed by atoms with Crippen LogP contribution in [0.25, 0.3) is 0 Å². The van der Waals surface area contributed by atoms with Gasteiger partial charge in [0.25, 0.3) is 0 Å². The molecule has 2 nitrogen and oxygen atoms in total. The fourth-order valence-corrected chi connectivity index (χ4v) is 2.64. The zero-order chi connectivity index (χ0) is 16.0. The minimum Gasteiger partial charge on any atom is -0.353 e. The van der Waals surface area contributed by atoms with Gasteiger partial charge in [0.2, 0.25) is 5.91 Å². The smallest absolute Gasteiger partial charge is 0.223 e. The molecule has 2 unspecified atom stereocenters. The highest BCUT2D eigenvalue weighted by Crippen LogP contribution is 2.18. The first kappa shape index (κ1) is 18.6. The molecular weight excluding hydrogens is 270 g/mol. The van der Waals surface area contributed by atoms with Crippen molar-refractivity contribution >= 4 is 5.91 Å². The normalized spacial score (nSPS) is 21.8. The monoisotopic (exact) mass is 301 g/mol. The van der Waals surface area contributed by atoms with Crippen molar-refractivity contribution in [3.63, 3.8) is 0 Å². The van der Waals surface area contributed by atoms with Crippen LogP contribution in [-0.2, 0) is 4.79 Å². The second-order valence-electron chi connectivity index (χ2n) is 6.32. The molecule has 0 radical (unpaired) electrons. The molecule has 0 fully saturated rings. The average Bonchev–Trinajstić information content (AvgIpc) is 2.53. The zero-order valence-electron chi connectivity index (χ0n) is 14.3. The number of amides is 1. The fourth-order valence-electron chi connectivity index (χ4n) is 2.64. The van der Waals surface area contributed by atoms with Crippen molar-refractivity contribution in [1.82, 2.24) is 5.32 Å². The Morgan fingerprint density at radius 2 is 1.64 bits per heavy atom. The number of hydrogen-bond acceptors (Lipinski definition) is 1. The Bertz CT molecular complexity index is 432. The summed E-state index contributed by atoms with van der Waals surface area (Å²) >= 11 is 0. The van der Waals surface area contributed by atoms with E-state index in [4.69, 9.17) is 0 Å². The van der Waals surface area contributed by atoms with Gasteiger partial charge in [0.1, 0.15) is 0 Å². The summed E-state index contributed by atoms with van der Waals surface area (Å²) in [6, 6.07) is 0.265. The maximum absolute atomic E-state index is 12.4. The summed E-state index contributed by atoms with van der Waals surface area (Å²) in [6.07, 6.45) is 12.0. The minimum atomic E-state index is 0.112. The van der Waals surface area contributed by atoms with Crippen molar-refractivity contribution < 1.29 is 4.79 Å². The minimum absolute atomic E-state index is 0.112. The van der Waals surface area contributed by atoms with Gasteiger partial charge in [-0.05, 0) is 44.4 Å². The summed E-state index contributed by atoms with van der Waals surface area (Å²) in [6.45, 7) is 4.17. The molecular formula is C20H31NO. The molecule has 0 saturated carbocycles. The lowest BCUT2D eigenvalue weighted by atomic mass is 9.94. The Labute approximate surface area is 136 Å². The summed E-state index contributed by atoms with van der Waals surface area (Å²) in [5.41, 5.74) is 0. The molecule has 0 heterocycles. The summed E-state index contributed by atoms with van der Waals surface area (Å²) < 4.78 is 0. The molecule has 2 heteroatoms. The lowest BCUT2D eigenvalue weighted by Crippen LogP contribution is -2.37. The van der Waals surface area contributed by atoms with E-state index in [1.54, 1.807) is 0 Å². The van der Waals surface area contributed by atoms with Gasteiger partial charge in [-0.15, -0.1) is 0 Å². The van der Waals surface area contributed by atoms with Gasteiger partial charge < -0.3 is 5.32 Å². The Balaban J connectivity index is 2.55. The molecule has 0 spiro atoms. The molecule has 0 aromatic heterocycles. The summed E-state index contributed by atoms with van der Waals surface area (Å²) in [5, 5.41) is 3.13. The third-order valence-corrected chi connectivity index (χ3v) is 4.33. The van der Waals surface area contributed by atoms with Crippen LogP contribution in [0, 0.1) is 29.6 Å². The van der Waals surface area contributed by atoms with E-state index in [-0.39, 0.29) is 17.9 Å². The van der Waals surface area contributed by atoms with Crippen molar-refractivity contribution in [3.8, 4) is 23.7 Å². The van der Waals surface area contributed by atoms with Crippen LogP contribution in [0.3, 0.4) is 0 Å². The van der Waals surface area contributed by atoms with Crippen LogP contribution in [0.2, 0.25) is 0 Å². The van der Waals surface area contributed by atoms with Crippen LogP contribution in [0.5, 0.6) is 0 Å². The molecule has 0 aromatic rings. The van der Waals surface area contributed by atoms with Crippen molar-refractivity contribution in [1.29, 1.82) is 0 Å². The molecule has 0 aliphatic heterocycles. The third-order valence-electron chi connectivity index (χ3n) is 4.33. The maximum Gasteiger partial charge on any atom is 0.223 e. The Morgan fingerprint density at radius 3 is 2.36 bits per heavy atom. The number of hydrogen-bond donors (Lipinski definition) is 1. The highest BCUT2D eigenvalue weighted by atomic mass is 16.1. The maximum atomic E-state index is 12.4. The first-order valence-electron chi connectivity index (χ1n) is 9.00. The Kier molecular flexibility index (Phi) is 10.3.